The molecule has 25 heavy (non-hydrogen) atoms. The molecule has 1 atom stereocenters. The number of esters is 1. The van der Waals surface area contributed by atoms with E-state index < -0.39 is 0 Å². The monoisotopic (exact) mass is 369 g/mol. The van der Waals surface area contributed by atoms with Crippen LogP contribution < -0.4 is 4.74 Å². The molecule has 1 aliphatic heterocycles. The Hall–Kier alpha value is -1.26. The van der Waals surface area contributed by atoms with E-state index in [-0.39, 0.29) is 36.5 Å². The molecule has 1 aliphatic rings. The third-order valence-corrected chi connectivity index (χ3v) is 4.37. The molecular formula is C20H32ClNO3. The second-order valence-electron chi connectivity index (χ2n) is 7.72. The highest BCUT2D eigenvalue weighted by atomic mass is 35.5. The summed E-state index contributed by atoms with van der Waals surface area (Å²) >= 11 is 0. The molecule has 1 aromatic rings. The van der Waals surface area contributed by atoms with Gasteiger partial charge in [0.1, 0.15) is 11.9 Å². The van der Waals surface area contributed by atoms with Crippen LogP contribution in [0.3, 0.4) is 0 Å². The van der Waals surface area contributed by atoms with E-state index in [0.29, 0.717) is 5.75 Å². The van der Waals surface area contributed by atoms with Gasteiger partial charge in [0.05, 0.1) is 0 Å². The lowest BCUT2D eigenvalue weighted by molar-refractivity contribution is -0.151. The number of hydrogen-bond acceptors (Lipinski definition) is 4. The molecule has 0 saturated carbocycles. The maximum absolute atomic E-state index is 11.9. The fourth-order valence-electron chi connectivity index (χ4n) is 2.99. The number of piperidine rings is 1. The number of ether oxygens (including phenoxy) is 2. The third-order valence-electron chi connectivity index (χ3n) is 4.37. The summed E-state index contributed by atoms with van der Waals surface area (Å²) in [5.74, 6) is 0.392. The van der Waals surface area contributed by atoms with Crippen LogP contribution >= 0.6 is 12.4 Å². The second-order valence-corrected chi connectivity index (χ2v) is 7.72. The van der Waals surface area contributed by atoms with Crippen molar-refractivity contribution < 1.29 is 14.3 Å². The number of likely N-dealkylation sites (tertiary alicyclic amines) is 1. The first-order valence-corrected chi connectivity index (χ1v) is 9.00. The smallest absolute Gasteiger partial charge is 0.344 e. The minimum Gasteiger partial charge on any atom is -0.482 e. The number of carbonyl (C=O) groups excluding carboxylic acids is 1. The number of benzene rings is 1. The van der Waals surface area contributed by atoms with Crippen molar-refractivity contribution >= 4 is 18.4 Å². The van der Waals surface area contributed by atoms with Crippen LogP contribution in [0.2, 0.25) is 0 Å². The molecule has 0 spiro atoms. The number of hydrogen-bond donors (Lipinski definition) is 0. The highest BCUT2D eigenvalue weighted by Crippen LogP contribution is 2.24. The van der Waals surface area contributed by atoms with E-state index in [4.69, 9.17) is 9.47 Å². The molecule has 1 heterocycles. The quantitative estimate of drug-likeness (QED) is 0.704. The van der Waals surface area contributed by atoms with E-state index in [9.17, 15) is 4.79 Å². The summed E-state index contributed by atoms with van der Waals surface area (Å²) in [5, 5.41) is 0. The Kier molecular flexibility index (Phi) is 8.74. The van der Waals surface area contributed by atoms with Gasteiger partial charge in [-0.3, -0.25) is 4.90 Å². The number of halogens is 1. The summed E-state index contributed by atoms with van der Waals surface area (Å²) in [4.78, 5) is 14.3. The molecule has 1 aromatic carbocycles. The van der Waals surface area contributed by atoms with Gasteiger partial charge in [0.15, 0.2) is 6.61 Å². The molecule has 1 saturated heterocycles. The summed E-state index contributed by atoms with van der Waals surface area (Å²) in [6.45, 7) is 11.4. The van der Waals surface area contributed by atoms with Crippen molar-refractivity contribution in [3.63, 3.8) is 0 Å². The standard InChI is InChI=1S/C20H31NO3.ClH/c1-16(14-21-12-6-5-7-13-21)24-19(22)15-23-18-10-8-17(9-11-18)20(2,3)4;/h8-11,16H,5-7,12-15H2,1-4H3;1H. The molecule has 4 nitrogen and oxygen atoms in total. The molecule has 0 aromatic heterocycles. The highest BCUT2D eigenvalue weighted by molar-refractivity contribution is 5.85. The Morgan fingerprint density at radius 3 is 2.28 bits per heavy atom. The van der Waals surface area contributed by atoms with E-state index in [1.165, 1.54) is 24.8 Å². The van der Waals surface area contributed by atoms with E-state index in [1.54, 1.807) is 0 Å². The van der Waals surface area contributed by atoms with Gasteiger partial charge in [0.2, 0.25) is 0 Å². The van der Waals surface area contributed by atoms with Gasteiger partial charge in [0.25, 0.3) is 0 Å². The zero-order chi connectivity index (χ0) is 17.6. The number of nitrogens with zero attached hydrogens (tertiary/aromatic N) is 1. The lowest BCUT2D eigenvalue weighted by atomic mass is 9.87. The fourth-order valence-corrected chi connectivity index (χ4v) is 2.99. The zero-order valence-electron chi connectivity index (χ0n) is 15.9. The van der Waals surface area contributed by atoms with Gasteiger partial charge in [0, 0.05) is 6.54 Å². The van der Waals surface area contributed by atoms with Crippen LogP contribution in [0.25, 0.3) is 0 Å². The van der Waals surface area contributed by atoms with Gasteiger partial charge in [-0.2, -0.15) is 0 Å². The van der Waals surface area contributed by atoms with Crippen molar-refractivity contribution in [2.24, 2.45) is 0 Å². The predicted octanol–water partition coefficient (Wildman–Crippen LogP) is 4.20. The van der Waals surface area contributed by atoms with E-state index in [2.05, 4.69) is 25.7 Å². The Balaban J connectivity index is 0.00000312. The van der Waals surface area contributed by atoms with Crippen molar-refractivity contribution in [3.8, 4) is 5.75 Å². The van der Waals surface area contributed by atoms with Crippen LogP contribution in [0.1, 0.15) is 52.5 Å². The number of carbonyl (C=O) groups is 1. The molecule has 5 heteroatoms. The maximum atomic E-state index is 11.9. The summed E-state index contributed by atoms with van der Waals surface area (Å²) in [6.07, 6.45) is 3.71. The Labute approximate surface area is 158 Å². The molecule has 0 aliphatic carbocycles. The predicted molar refractivity (Wildman–Crippen MR) is 104 cm³/mol. The molecule has 1 unspecified atom stereocenters. The van der Waals surface area contributed by atoms with Crippen LogP contribution in [0, 0.1) is 0 Å². The maximum Gasteiger partial charge on any atom is 0.344 e. The first kappa shape index (κ1) is 21.8. The molecule has 0 bridgehead atoms. The summed E-state index contributed by atoms with van der Waals surface area (Å²) < 4.78 is 11.0. The Morgan fingerprint density at radius 1 is 1.12 bits per heavy atom. The van der Waals surface area contributed by atoms with E-state index >= 15 is 0 Å². The average Bonchev–Trinajstić information content (AvgIpc) is 2.53. The van der Waals surface area contributed by atoms with Crippen molar-refractivity contribution in [3.05, 3.63) is 29.8 Å². The first-order valence-electron chi connectivity index (χ1n) is 9.00. The zero-order valence-corrected chi connectivity index (χ0v) is 16.7. The van der Waals surface area contributed by atoms with Crippen LogP contribution in [0.4, 0.5) is 0 Å². The minimum atomic E-state index is -0.306. The Morgan fingerprint density at radius 2 is 1.72 bits per heavy atom. The lowest BCUT2D eigenvalue weighted by Crippen LogP contribution is -2.37. The van der Waals surface area contributed by atoms with Gasteiger partial charge < -0.3 is 9.47 Å². The van der Waals surface area contributed by atoms with Gasteiger partial charge in [-0.1, -0.05) is 39.3 Å². The van der Waals surface area contributed by atoms with Gasteiger partial charge in [-0.15, -0.1) is 12.4 Å². The molecule has 1 fully saturated rings. The lowest BCUT2D eigenvalue weighted by Gasteiger charge is -2.28. The van der Waals surface area contributed by atoms with E-state index in [1.807, 2.05) is 31.2 Å². The summed E-state index contributed by atoms with van der Waals surface area (Å²) in [6, 6.07) is 7.90. The van der Waals surface area contributed by atoms with Gasteiger partial charge >= 0.3 is 5.97 Å². The minimum absolute atomic E-state index is 0. The molecule has 2 rings (SSSR count). The van der Waals surface area contributed by atoms with Crippen molar-refractivity contribution in [1.29, 1.82) is 0 Å². The van der Waals surface area contributed by atoms with Crippen LogP contribution in [0.5, 0.6) is 5.75 Å². The largest absolute Gasteiger partial charge is 0.482 e. The highest BCUT2D eigenvalue weighted by Gasteiger charge is 2.17. The first-order chi connectivity index (χ1) is 11.3. The van der Waals surface area contributed by atoms with Crippen LogP contribution in [0.15, 0.2) is 24.3 Å². The summed E-state index contributed by atoms with van der Waals surface area (Å²) in [5.41, 5.74) is 1.36. The molecule has 0 N–H and O–H groups in total. The molecule has 0 amide bonds. The van der Waals surface area contributed by atoms with Crippen molar-refractivity contribution in [2.75, 3.05) is 26.2 Å². The molecular weight excluding hydrogens is 338 g/mol. The summed E-state index contributed by atoms with van der Waals surface area (Å²) in [7, 11) is 0. The van der Waals surface area contributed by atoms with E-state index in [0.717, 1.165) is 19.6 Å². The van der Waals surface area contributed by atoms with Crippen molar-refractivity contribution in [1.82, 2.24) is 4.90 Å². The third kappa shape index (κ3) is 7.66. The SMILES string of the molecule is CC(CN1CCCCC1)OC(=O)COc1ccc(C(C)(C)C)cc1.Cl. The molecule has 0 radical (unpaired) electrons. The molecule has 142 valence electrons. The van der Waals surface area contributed by atoms with Crippen LogP contribution in [-0.4, -0.2) is 43.2 Å². The van der Waals surface area contributed by atoms with Crippen LogP contribution in [-0.2, 0) is 14.9 Å². The fraction of sp³-hybridized carbons (Fsp3) is 0.650. The topological polar surface area (TPSA) is 38.8 Å². The second kappa shape index (κ2) is 10.0. The van der Waals surface area contributed by atoms with Gasteiger partial charge in [-0.05, 0) is 56.0 Å². The Bertz CT molecular complexity index is 519. The normalized spacial score (nSPS) is 16.6. The number of rotatable bonds is 6. The van der Waals surface area contributed by atoms with Crippen molar-refractivity contribution in [2.45, 2.75) is 58.5 Å². The average molecular weight is 370 g/mol. The van der Waals surface area contributed by atoms with Gasteiger partial charge in [-0.25, -0.2) is 4.79 Å².